The minimum atomic E-state index is 0.0827. The molecular weight excluding hydrogens is 476 g/mol. The molecule has 2 aromatic heterocycles. The van der Waals surface area contributed by atoms with Gasteiger partial charge in [0.05, 0.1) is 23.1 Å². The third-order valence-electron chi connectivity index (χ3n) is 7.81. The van der Waals surface area contributed by atoms with E-state index in [9.17, 15) is 0 Å². The summed E-state index contributed by atoms with van der Waals surface area (Å²) in [4.78, 5) is 17.4. The summed E-state index contributed by atoms with van der Waals surface area (Å²) in [5, 5.41) is 4.91. The zero-order valence-electron chi connectivity index (χ0n) is 21.1. The van der Waals surface area contributed by atoms with Crippen molar-refractivity contribution in [1.29, 1.82) is 0 Å². The van der Waals surface area contributed by atoms with E-state index in [1.165, 1.54) is 27.1 Å². The largest absolute Gasteiger partial charge is 0.317 e. The SMILES string of the molecule is C1=CC2C(N=C1)c1ccccc1N2c1cccc(-c2cccc(-c3cc4ccccc4c4ccccc34)n2)n1. The van der Waals surface area contributed by atoms with Crippen molar-refractivity contribution < 1.29 is 0 Å². The maximum Gasteiger partial charge on any atom is 0.134 e. The van der Waals surface area contributed by atoms with Crippen LogP contribution in [-0.2, 0) is 0 Å². The van der Waals surface area contributed by atoms with Gasteiger partial charge < -0.3 is 4.90 Å². The van der Waals surface area contributed by atoms with Crippen LogP contribution in [0, 0.1) is 0 Å². The monoisotopic (exact) mass is 500 g/mol. The number of nitrogens with zero attached hydrogens (tertiary/aromatic N) is 4. The van der Waals surface area contributed by atoms with E-state index in [-0.39, 0.29) is 12.1 Å². The summed E-state index contributed by atoms with van der Waals surface area (Å²) in [6.07, 6.45) is 6.15. The van der Waals surface area contributed by atoms with Gasteiger partial charge in [-0.3, -0.25) is 4.99 Å². The molecule has 184 valence electrons. The zero-order valence-corrected chi connectivity index (χ0v) is 21.1. The van der Waals surface area contributed by atoms with Gasteiger partial charge in [-0.15, -0.1) is 0 Å². The molecule has 0 spiro atoms. The lowest BCUT2D eigenvalue weighted by Gasteiger charge is -2.27. The van der Waals surface area contributed by atoms with Crippen molar-refractivity contribution in [2.75, 3.05) is 4.90 Å². The second-order valence-corrected chi connectivity index (χ2v) is 10.0. The van der Waals surface area contributed by atoms with Crippen LogP contribution in [0.5, 0.6) is 0 Å². The number of para-hydroxylation sites is 1. The number of dihydropyridines is 1. The van der Waals surface area contributed by atoms with E-state index in [1.54, 1.807) is 0 Å². The highest BCUT2D eigenvalue weighted by Crippen LogP contribution is 2.46. The molecule has 2 aliphatic rings. The van der Waals surface area contributed by atoms with Gasteiger partial charge in [-0.25, -0.2) is 9.97 Å². The van der Waals surface area contributed by atoms with Gasteiger partial charge in [0.15, 0.2) is 0 Å². The summed E-state index contributed by atoms with van der Waals surface area (Å²) in [7, 11) is 0. The fourth-order valence-corrected chi connectivity index (χ4v) is 6.08. The first-order valence-electron chi connectivity index (χ1n) is 13.3. The van der Waals surface area contributed by atoms with Crippen molar-refractivity contribution in [1.82, 2.24) is 9.97 Å². The quantitative estimate of drug-likeness (QED) is 0.229. The first-order valence-corrected chi connectivity index (χ1v) is 13.3. The van der Waals surface area contributed by atoms with Crippen LogP contribution in [0.3, 0.4) is 0 Å². The van der Waals surface area contributed by atoms with Crippen molar-refractivity contribution in [3.63, 3.8) is 0 Å². The fourth-order valence-electron chi connectivity index (χ4n) is 6.08. The highest BCUT2D eigenvalue weighted by Gasteiger charge is 2.38. The molecule has 0 N–H and O–H groups in total. The molecule has 0 aliphatic carbocycles. The maximum atomic E-state index is 5.15. The van der Waals surface area contributed by atoms with Crippen molar-refractivity contribution >= 4 is 39.3 Å². The average molecular weight is 501 g/mol. The Hall–Kier alpha value is -5.09. The number of rotatable bonds is 3. The Balaban J connectivity index is 1.24. The first-order chi connectivity index (χ1) is 19.3. The van der Waals surface area contributed by atoms with Crippen LogP contribution in [0.15, 0.2) is 132 Å². The Morgan fingerprint density at radius 2 is 1.31 bits per heavy atom. The van der Waals surface area contributed by atoms with Crippen molar-refractivity contribution in [2.24, 2.45) is 4.99 Å². The third kappa shape index (κ3) is 3.49. The van der Waals surface area contributed by atoms with Gasteiger partial charge >= 0.3 is 0 Å². The number of aromatic nitrogens is 2. The van der Waals surface area contributed by atoms with Crippen LogP contribution in [0.1, 0.15) is 11.6 Å². The fraction of sp³-hybridized carbons (Fsp3) is 0.0571. The lowest BCUT2D eigenvalue weighted by atomic mass is 9.95. The normalized spacial score (nSPS) is 17.5. The van der Waals surface area contributed by atoms with Crippen LogP contribution < -0.4 is 4.90 Å². The topological polar surface area (TPSA) is 41.4 Å². The molecule has 2 unspecified atom stereocenters. The number of fused-ring (bicyclic) bond motifs is 6. The first kappa shape index (κ1) is 21.9. The molecule has 2 atom stereocenters. The lowest BCUT2D eigenvalue weighted by Crippen LogP contribution is -2.29. The average Bonchev–Trinajstić information content (AvgIpc) is 3.35. The predicted octanol–water partition coefficient (Wildman–Crippen LogP) is 8.32. The summed E-state index contributed by atoms with van der Waals surface area (Å²) in [6.45, 7) is 0. The van der Waals surface area contributed by atoms with Crippen LogP contribution in [0.25, 0.3) is 44.2 Å². The van der Waals surface area contributed by atoms with E-state index in [1.807, 2.05) is 24.4 Å². The van der Waals surface area contributed by atoms with E-state index in [0.29, 0.717) is 0 Å². The number of hydrogen-bond donors (Lipinski definition) is 0. The summed E-state index contributed by atoms with van der Waals surface area (Å²) >= 11 is 0. The summed E-state index contributed by atoms with van der Waals surface area (Å²) in [6, 6.07) is 40.5. The molecule has 0 bridgehead atoms. The molecule has 0 amide bonds. The molecule has 2 aliphatic heterocycles. The second-order valence-electron chi connectivity index (χ2n) is 10.0. The Kier molecular flexibility index (Phi) is 4.92. The molecule has 0 saturated heterocycles. The van der Waals surface area contributed by atoms with E-state index >= 15 is 0 Å². The second kappa shape index (κ2) is 8.74. The maximum absolute atomic E-state index is 5.15. The highest BCUT2D eigenvalue weighted by molar-refractivity contribution is 6.13. The summed E-state index contributed by atoms with van der Waals surface area (Å²) in [5.74, 6) is 0.901. The predicted molar refractivity (Wildman–Crippen MR) is 161 cm³/mol. The molecular formula is C35H24N4. The minimum absolute atomic E-state index is 0.0827. The Morgan fingerprint density at radius 1 is 0.590 bits per heavy atom. The molecule has 0 fully saturated rings. The molecule has 8 rings (SSSR count). The van der Waals surface area contributed by atoms with E-state index in [0.717, 1.165) is 34.2 Å². The zero-order chi connectivity index (χ0) is 25.8. The molecule has 0 radical (unpaired) electrons. The van der Waals surface area contributed by atoms with Gasteiger partial charge in [0.25, 0.3) is 0 Å². The van der Waals surface area contributed by atoms with Gasteiger partial charge in [-0.1, -0.05) is 84.9 Å². The number of hydrogen-bond acceptors (Lipinski definition) is 4. The smallest absolute Gasteiger partial charge is 0.134 e. The molecule has 6 aromatic rings. The van der Waals surface area contributed by atoms with Gasteiger partial charge in [-0.2, -0.15) is 0 Å². The number of aliphatic imine (C=N–C) groups is 1. The molecule has 4 heteroatoms. The van der Waals surface area contributed by atoms with Gasteiger partial charge in [0, 0.05) is 23.0 Å². The number of benzene rings is 4. The molecule has 4 nitrogen and oxygen atoms in total. The van der Waals surface area contributed by atoms with Crippen molar-refractivity contribution in [2.45, 2.75) is 12.1 Å². The van der Waals surface area contributed by atoms with Crippen LogP contribution in [-0.4, -0.2) is 22.2 Å². The van der Waals surface area contributed by atoms with Gasteiger partial charge in [0.1, 0.15) is 11.9 Å². The minimum Gasteiger partial charge on any atom is -0.317 e. The molecule has 4 aromatic carbocycles. The van der Waals surface area contributed by atoms with Crippen LogP contribution >= 0.6 is 0 Å². The Bertz CT molecular complexity index is 1950. The molecule has 0 saturated carbocycles. The third-order valence-corrected chi connectivity index (χ3v) is 7.81. The summed E-state index contributed by atoms with van der Waals surface area (Å²) < 4.78 is 0. The van der Waals surface area contributed by atoms with E-state index in [4.69, 9.17) is 15.0 Å². The highest BCUT2D eigenvalue weighted by atomic mass is 15.3. The van der Waals surface area contributed by atoms with E-state index in [2.05, 4.69) is 114 Å². The standard InChI is InChI=1S/C35H24N4/c1-2-11-24-23(10-1)22-28(26-13-4-3-12-25(24)26)29-15-7-16-30(37-29)31-17-8-20-34(38-31)39-32-18-6-5-14-27(32)35-33(39)19-9-21-36-35/h1-22,33,35H. The number of pyridine rings is 2. The van der Waals surface area contributed by atoms with Crippen molar-refractivity contribution in [3.05, 3.63) is 133 Å². The van der Waals surface area contributed by atoms with Crippen molar-refractivity contribution in [3.8, 4) is 22.6 Å². The van der Waals surface area contributed by atoms with Gasteiger partial charge in [0.2, 0.25) is 0 Å². The Morgan fingerprint density at radius 3 is 2.23 bits per heavy atom. The van der Waals surface area contributed by atoms with Crippen LogP contribution in [0.4, 0.5) is 11.5 Å². The Labute approximate surface area is 226 Å². The van der Waals surface area contributed by atoms with Crippen LogP contribution in [0.2, 0.25) is 0 Å². The molecule has 4 heterocycles. The number of allylic oxidation sites excluding steroid dienone is 1. The number of anilines is 2. The molecule has 39 heavy (non-hydrogen) atoms. The van der Waals surface area contributed by atoms with Gasteiger partial charge in [-0.05, 0) is 64.0 Å². The van der Waals surface area contributed by atoms with E-state index < -0.39 is 0 Å². The summed E-state index contributed by atoms with van der Waals surface area (Å²) in [5.41, 5.74) is 6.17. The lowest BCUT2D eigenvalue weighted by molar-refractivity contribution is 0.663.